The number of hydrogen-bond donors (Lipinski definition) is 2. The van der Waals surface area contributed by atoms with Crippen LogP contribution in [0.5, 0.6) is 0 Å². The molecule has 2 amide bonds. The molecule has 0 aliphatic carbocycles. The second-order valence-electron chi connectivity index (χ2n) is 4.77. The molecule has 1 heterocycles. The van der Waals surface area contributed by atoms with E-state index in [9.17, 15) is 9.59 Å². The van der Waals surface area contributed by atoms with E-state index in [-0.39, 0.29) is 17.6 Å². The summed E-state index contributed by atoms with van der Waals surface area (Å²) >= 11 is 4.64. The summed E-state index contributed by atoms with van der Waals surface area (Å²) in [4.78, 5) is 25.6. The summed E-state index contributed by atoms with van der Waals surface area (Å²) < 4.78 is 0. The van der Waals surface area contributed by atoms with Crippen LogP contribution in [0.3, 0.4) is 0 Å². The monoisotopic (exact) mass is 366 g/mol. The zero-order valence-electron chi connectivity index (χ0n) is 12.7. The Morgan fingerprint density at radius 3 is 2.39 bits per heavy atom. The van der Waals surface area contributed by atoms with Crippen molar-refractivity contribution in [1.29, 1.82) is 0 Å². The van der Waals surface area contributed by atoms with E-state index in [0.29, 0.717) is 5.75 Å². The average molecular weight is 367 g/mol. The number of thioether (sulfide) groups is 2. The Kier molecular flexibility index (Phi) is 7.51. The number of hydrogen-bond acceptors (Lipinski definition) is 5. The van der Waals surface area contributed by atoms with Crippen LogP contribution in [0.4, 0.5) is 0 Å². The van der Waals surface area contributed by atoms with Crippen LogP contribution >= 0.6 is 34.9 Å². The van der Waals surface area contributed by atoms with Crippen molar-refractivity contribution in [3.05, 3.63) is 52.2 Å². The minimum atomic E-state index is -0.216. The number of aryl methyl sites for hydroxylation is 1. The predicted octanol–water partition coefficient (Wildman–Crippen LogP) is 3.23. The highest BCUT2D eigenvalue weighted by molar-refractivity contribution is 8.00. The van der Waals surface area contributed by atoms with E-state index < -0.39 is 0 Å². The summed E-state index contributed by atoms with van der Waals surface area (Å²) in [6.45, 7) is 2.02. The normalized spacial score (nSPS) is 10.3. The van der Waals surface area contributed by atoms with E-state index in [1.807, 2.05) is 48.7 Å². The van der Waals surface area contributed by atoms with Crippen molar-refractivity contribution in [2.75, 3.05) is 11.5 Å². The van der Waals surface area contributed by atoms with Crippen molar-refractivity contribution in [1.82, 2.24) is 10.9 Å². The Bertz CT molecular complexity index is 627. The van der Waals surface area contributed by atoms with Crippen LogP contribution in [0.2, 0.25) is 0 Å². The summed E-state index contributed by atoms with van der Waals surface area (Å²) in [6, 6.07) is 12.0. The van der Waals surface area contributed by atoms with Crippen LogP contribution in [0.1, 0.15) is 10.4 Å². The van der Waals surface area contributed by atoms with Gasteiger partial charge in [0.25, 0.3) is 0 Å². The van der Waals surface area contributed by atoms with Gasteiger partial charge in [0.2, 0.25) is 11.8 Å². The second-order valence-corrected chi connectivity index (χ2v) is 7.84. The maximum atomic E-state index is 11.7. The zero-order valence-corrected chi connectivity index (χ0v) is 15.2. The largest absolute Gasteiger partial charge is 0.272 e. The number of benzene rings is 1. The summed E-state index contributed by atoms with van der Waals surface area (Å²) in [7, 11) is 0. The fourth-order valence-electron chi connectivity index (χ4n) is 1.63. The van der Waals surface area contributed by atoms with Gasteiger partial charge in [-0.3, -0.25) is 20.4 Å². The molecule has 4 nitrogen and oxygen atoms in total. The summed E-state index contributed by atoms with van der Waals surface area (Å²) in [5.41, 5.74) is 6.06. The number of thiophene rings is 1. The quantitative estimate of drug-likeness (QED) is 0.583. The van der Waals surface area contributed by atoms with Crippen molar-refractivity contribution in [3.8, 4) is 0 Å². The van der Waals surface area contributed by atoms with Crippen molar-refractivity contribution < 1.29 is 9.59 Å². The Morgan fingerprint density at radius 1 is 1.04 bits per heavy atom. The molecule has 23 heavy (non-hydrogen) atoms. The lowest BCUT2D eigenvalue weighted by Crippen LogP contribution is -2.43. The van der Waals surface area contributed by atoms with Gasteiger partial charge in [-0.1, -0.05) is 23.8 Å². The second kappa shape index (κ2) is 9.64. The molecule has 0 radical (unpaired) electrons. The van der Waals surface area contributed by atoms with Crippen LogP contribution in [0.25, 0.3) is 0 Å². The molecular weight excluding hydrogens is 348 g/mol. The molecule has 0 aliphatic heterocycles. The molecule has 0 unspecified atom stereocenters. The van der Waals surface area contributed by atoms with Gasteiger partial charge in [-0.15, -0.1) is 34.9 Å². The first-order chi connectivity index (χ1) is 11.1. The Morgan fingerprint density at radius 2 is 1.74 bits per heavy atom. The van der Waals surface area contributed by atoms with Gasteiger partial charge in [-0.05, 0) is 30.5 Å². The van der Waals surface area contributed by atoms with Gasteiger partial charge in [-0.2, -0.15) is 0 Å². The SMILES string of the molecule is Cc1ccc(SCC(=O)NNC(=O)CSCc2cccs2)cc1. The number of carbonyl (C=O) groups is 2. The van der Waals surface area contributed by atoms with Gasteiger partial charge in [0.1, 0.15) is 0 Å². The molecule has 1 aromatic heterocycles. The van der Waals surface area contributed by atoms with Gasteiger partial charge < -0.3 is 0 Å². The molecule has 2 rings (SSSR count). The standard InChI is InChI=1S/C16H18N2O2S3/c1-12-4-6-13(7-5-12)23-11-16(20)18-17-15(19)10-21-9-14-3-2-8-22-14/h2-8H,9-11H2,1H3,(H,17,19)(H,18,20). The molecule has 0 saturated carbocycles. The molecule has 2 aromatic rings. The van der Waals surface area contributed by atoms with Gasteiger partial charge in [0.15, 0.2) is 0 Å². The molecule has 0 saturated heterocycles. The highest BCUT2D eigenvalue weighted by Gasteiger charge is 2.06. The van der Waals surface area contributed by atoms with Crippen molar-refractivity contribution in [3.63, 3.8) is 0 Å². The van der Waals surface area contributed by atoms with Crippen LogP contribution < -0.4 is 10.9 Å². The molecular formula is C16H18N2O2S3. The lowest BCUT2D eigenvalue weighted by Gasteiger charge is -2.07. The van der Waals surface area contributed by atoms with Gasteiger partial charge >= 0.3 is 0 Å². The van der Waals surface area contributed by atoms with Gasteiger partial charge in [0.05, 0.1) is 11.5 Å². The number of nitrogens with one attached hydrogen (secondary N) is 2. The molecule has 0 bridgehead atoms. The van der Waals surface area contributed by atoms with E-state index in [1.165, 1.54) is 34.0 Å². The van der Waals surface area contributed by atoms with Crippen molar-refractivity contribution in [2.45, 2.75) is 17.6 Å². The first kappa shape index (κ1) is 17.9. The molecule has 0 atom stereocenters. The van der Waals surface area contributed by atoms with Crippen molar-refractivity contribution >= 4 is 46.7 Å². The topological polar surface area (TPSA) is 58.2 Å². The predicted molar refractivity (Wildman–Crippen MR) is 98.7 cm³/mol. The van der Waals surface area contributed by atoms with E-state index in [0.717, 1.165) is 10.6 Å². The van der Waals surface area contributed by atoms with Crippen LogP contribution in [0, 0.1) is 6.92 Å². The molecule has 0 spiro atoms. The van der Waals surface area contributed by atoms with Crippen LogP contribution in [0.15, 0.2) is 46.7 Å². The maximum absolute atomic E-state index is 11.7. The molecule has 122 valence electrons. The first-order valence-corrected chi connectivity index (χ1v) is 10.0. The third-order valence-corrected chi connectivity index (χ3v) is 5.84. The molecule has 2 N–H and O–H groups in total. The Labute approximate surface area is 148 Å². The lowest BCUT2D eigenvalue weighted by molar-refractivity contribution is -0.126. The number of hydrazine groups is 1. The minimum Gasteiger partial charge on any atom is -0.272 e. The summed E-state index contributed by atoms with van der Waals surface area (Å²) in [6.07, 6.45) is 0. The minimum absolute atomic E-state index is 0.194. The lowest BCUT2D eigenvalue weighted by atomic mass is 10.2. The molecule has 1 aromatic carbocycles. The van der Waals surface area contributed by atoms with Gasteiger partial charge in [-0.25, -0.2) is 0 Å². The number of amides is 2. The Hall–Kier alpha value is -1.44. The third kappa shape index (κ3) is 7.11. The van der Waals surface area contributed by atoms with Crippen molar-refractivity contribution in [2.24, 2.45) is 0 Å². The van der Waals surface area contributed by atoms with Gasteiger partial charge in [0, 0.05) is 15.5 Å². The molecule has 7 heteroatoms. The number of rotatable bonds is 7. The number of carbonyl (C=O) groups excluding carboxylic acids is 2. The smallest absolute Gasteiger partial charge is 0.248 e. The zero-order chi connectivity index (χ0) is 16.5. The summed E-state index contributed by atoms with van der Waals surface area (Å²) in [5.74, 6) is 0.990. The van der Waals surface area contributed by atoms with Crippen LogP contribution in [-0.2, 0) is 15.3 Å². The fourth-order valence-corrected chi connectivity index (χ4v) is 4.00. The average Bonchev–Trinajstić information content (AvgIpc) is 3.06. The molecule has 0 aliphatic rings. The molecule has 0 fully saturated rings. The van der Waals surface area contributed by atoms with E-state index in [4.69, 9.17) is 0 Å². The highest BCUT2D eigenvalue weighted by Crippen LogP contribution is 2.18. The summed E-state index contributed by atoms with van der Waals surface area (Å²) in [5, 5.41) is 2.02. The fraction of sp³-hybridized carbons (Fsp3) is 0.250. The Balaban J connectivity index is 1.58. The third-order valence-electron chi connectivity index (χ3n) is 2.79. The van der Waals surface area contributed by atoms with Crippen LogP contribution in [-0.4, -0.2) is 23.3 Å². The highest BCUT2D eigenvalue weighted by atomic mass is 32.2. The van der Waals surface area contributed by atoms with E-state index in [2.05, 4.69) is 10.9 Å². The van der Waals surface area contributed by atoms with E-state index in [1.54, 1.807) is 11.3 Å². The first-order valence-electron chi connectivity index (χ1n) is 7.01. The van der Waals surface area contributed by atoms with E-state index >= 15 is 0 Å². The maximum Gasteiger partial charge on any atom is 0.248 e.